The molecule has 2 bridgehead atoms. The average Bonchev–Trinajstić information content (AvgIpc) is 3.71. The van der Waals surface area contributed by atoms with Crippen LogP contribution >= 0.6 is 23.1 Å². The van der Waals surface area contributed by atoms with Gasteiger partial charge in [-0.25, -0.2) is 0 Å². The highest BCUT2D eigenvalue weighted by Crippen LogP contribution is 2.68. The number of thioether (sulfide) groups is 1. The fraction of sp³-hybridized carbons (Fsp3) is 0.586. The van der Waals surface area contributed by atoms with Crippen LogP contribution in [0.15, 0.2) is 28.0 Å². The topological polar surface area (TPSA) is 109 Å². The van der Waals surface area contributed by atoms with Gasteiger partial charge in [0.05, 0.1) is 31.1 Å². The molecular formula is C29H33N3O6S2. The second-order valence-corrected chi connectivity index (χ2v) is 13.9. The fourth-order valence-corrected chi connectivity index (χ4v) is 11.2. The first-order valence-corrected chi connectivity index (χ1v) is 15.8. The Morgan fingerprint density at radius 3 is 2.40 bits per heavy atom. The minimum atomic E-state index is -0.780. The number of piperidine rings is 1. The van der Waals surface area contributed by atoms with Crippen LogP contribution in [-0.2, 0) is 14.4 Å². The summed E-state index contributed by atoms with van der Waals surface area (Å²) in [6, 6.07) is 5.10. The summed E-state index contributed by atoms with van der Waals surface area (Å²) in [7, 11) is 3.20. The van der Waals surface area contributed by atoms with Gasteiger partial charge in [0.1, 0.15) is 6.04 Å². The Bertz CT molecular complexity index is 1450. The van der Waals surface area contributed by atoms with Crippen molar-refractivity contribution in [2.75, 3.05) is 27.3 Å². The Labute approximate surface area is 240 Å². The summed E-state index contributed by atoms with van der Waals surface area (Å²) in [6.07, 6.45) is 3.83. The summed E-state index contributed by atoms with van der Waals surface area (Å²) >= 11 is 2.89. The third-order valence-corrected chi connectivity index (χ3v) is 12.5. The van der Waals surface area contributed by atoms with Gasteiger partial charge in [0, 0.05) is 29.1 Å². The van der Waals surface area contributed by atoms with E-state index in [0.717, 1.165) is 41.1 Å². The quantitative estimate of drug-likeness (QED) is 0.538. The van der Waals surface area contributed by atoms with Crippen LogP contribution < -0.4 is 14.3 Å². The summed E-state index contributed by atoms with van der Waals surface area (Å²) in [5, 5.41) is 0.953. The predicted molar refractivity (Wildman–Crippen MR) is 150 cm³/mol. The third-order valence-electron chi connectivity index (χ3n) is 9.94. The zero-order valence-corrected chi connectivity index (χ0v) is 24.4. The van der Waals surface area contributed by atoms with Gasteiger partial charge in [-0.1, -0.05) is 17.4 Å². The number of rotatable bonds is 5. The number of aromatic nitrogens is 1. The molecule has 4 fully saturated rings. The lowest BCUT2D eigenvalue weighted by Gasteiger charge is -2.43. The number of methoxy groups -OCH3 is 2. The van der Waals surface area contributed by atoms with Crippen molar-refractivity contribution in [2.45, 2.75) is 54.8 Å². The molecule has 9 nitrogen and oxygen atoms in total. The molecule has 0 radical (unpaired) electrons. The second-order valence-electron chi connectivity index (χ2n) is 11.7. The molecule has 2 saturated carbocycles. The zero-order valence-electron chi connectivity index (χ0n) is 22.8. The standard InChI is InChI=1S/C29H33N3O6S2/c1-13(26(33)31-9-5-4-6-10-31)32-27(34)21-15-12-16(22(21)28(32)35)23-20(15)19(24-25(39-23)30-29(36)40-24)14-7-8-17(37-2)18(11-14)38-3/h7-8,11,13,15-16,19-23H,4-6,9-10,12H2,1-3H3,(H,30,36). The van der Waals surface area contributed by atoms with Gasteiger partial charge in [0.25, 0.3) is 0 Å². The minimum Gasteiger partial charge on any atom is -0.493 e. The van der Waals surface area contributed by atoms with Gasteiger partial charge in [-0.15, -0.1) is 11.8 Å². The maximum absolute atomic E-state index is 14.0. The van der Waals surface area contributed by atoms with E-state index >= 15 is 0 Å². The van der Waals surface area contributed by atoms with E-state index in [4.69, 9.17) is 9.47 Å². The van der Waals surface area contributed by atoms with Crippen molar-refractivity contribution in [3.8, 4) is 11.5 Å². The number of nitrogens with one attached hydrogen (secondary N) is 1. The van der Waals surface area contributed by atoms with Crippen molar-refractivity contribution in [3.05, 3.63) is 38.3 Å². The Morgan fingerprint density at radius 2 is 1.70 bits per heavy atom. The smallest absolute Gasteiger partial charge is 0.305 e. The van der Waals surface area contributed by atoms with Crippen molar-refractivity contribution < 1.29 is 23.9 Å². The summed E-state index contributed by atoms with van der Waals surface area (Å²) in [5.74, 6) is -0.0950. The van der Waals surface area contributed by atoms with Crippen LogP contribution in [0.1, 0.15) is 49.0 Å². The van der Waals surface area contributed by atoms with Crippen molar-refractivity contribution in [1.82, 2.24) is 14.8 Å². The van der Waals surface area contributed by atoms with Crippen LogP contribution in [0.25, 0.3) is 0 Å². The monoisotopic (exact) mass is 583 g/mol. The highest BCUT2D eigenvalue weighted by atomic mass is 32.2. The first kappa shape index (κ1) is 26.1. The van der Waals surface area contributed by atoms with Crippen LogP contribution in [0.3, 0.4) is 0 Å². The molecule has 4 heterocycles. The van der Waals surface area contributed by atoms with Crippen molar-refractivity contribution >= 4 is 40.8 Å². The van der Waals surface area contributed by atoms with Crippen LogP contribution in [0.4, 0.5) is 0 Å². The first-order valence-electron chi connectivity index (χ1n) is 14.1. The van der Waals surface area contributed by atoms with Gasteiger partial charge in [0.15, 0.2) is 11.5 Å². The van der Waals surface area contributed by atoms with E-state index in [9.17, 15) is 19.2 Å². The highest BCUT2D eigenvalue weighted by Gasteiger charge is 2.70. The van der Waals surface area contributed by atoms with E-state index in [0.29, 0.717) is 24.6 Å². The minimum absolute atomic E-state index is 0.00492. The number of benzene rings is 1. The fourth-order valence-electron chi connectivity index (χ4n) is 8.33. The molecule has 7 rings (SSSR count). The lowest BCUT2D eigenvalue weighted by molar-refractivity contribution is -0.152. The molecule has 2 saturated heterocycles. The SMILES string of the molecule is COc1ccc(C2c3sc(=O)[nH]c3SC3C4CC(C5C(=O)N(C(C)C(=O)N6CCCCC6)C(=O)C45)C23)cc1OC. The number of H-pyrrole nitrogens is 1. The van der Waals surface area contributed by atoms with Crippen molar-refractivity contribution in [1.29, 1.82) is 0 Å². The Balaban J connectivity index is 1.25. The maximum atomic E-state index is 14.0. The molecule has 3 amide bonds. The number of likely N-dealkylation sites (tertiary alicyclic amines) is 2. The van der Waals surface area contributed by atoms with Gasteiger partial charge >= 0.3 is 4.87 Å². The van der Waals surface area contributed by atoms with Gasteiger partial charge < -0.3 is 19.4 Å². The van der Waals surface area contributed by atoms with Crippen molar-refractivity contribution in [2.24, 2.45) is 29.6 Å². The van der Waals surface area contributed by atoms with E-state index < -0.39 is 17.9 Å². The van der Waals surface area contributed by atoms with E-state index in [-0.39, 0.29) is 51.5 Å². The number of thiazole rings is 1. The highest BCUT2D eigenvalue weighted by molar-refractivity contribution is 8.00. The summed E-state index contributed by atoms with van der Waals surface area (Å²) < 4.78 is 11.1. The number of nitrogens with zero attached hydrogens (tertiary/aromatic N) is 2. The number of ether oxygens (including phenoxy) is 2. The van der Waals surface area contributed by atoms with E-state index in [1.54, 1.807) is 32.9 Å². The largest absolute Gasteiger partial charge is 0.493 e. The van der Waals surface area contributed by atoms with Crippen LogP contribution in [0.2, 0.25) is 0 Å². The normalized spacial score (nSPS) is 33.0. The summed E-state index contributed by atoms with van der Waals surface area (Å²) in [6.45, 7) is 3.09. The van der Waals surface area contributed by atoms with Crippen LogP contribution in [-0.4, -0.2) is 71.1 Å². The molecule has 3 aliphatic heterocycles. The molecule has 5 aliphatic rings. The number of carbonyl (C=O) groups is 3. The third kappa shape index (κ3) is 3.65. The van der Waals surface area contributed by atoms with Gasteiger partial charge in [-0.05, 0) is 68.1 Å². The second kappa shape index (κ2) is 9.65. The lowest BCUT2D eigenvalue weighted by atomic mass is 9.68. The number of carbonyl (C=O) groups excluding carboxylic acids is 3. The molecule has 1 aromatic heterocycles. The zero-order chi connectivity index (χ0) is 27.9. The molecule has 2 aromatic rings. The number of hydrogen-bond acceptors (Lipinski definition) is 8. The molecule has 0 spiro atoms. The molecule has 1 aromatic carbocycles. The first-order chi connectivity index (χ1) is 19.3. The number of hydrogen-bond donors (Lipinski definition) is 1. The number of imide groups is 1. The Morgan fingerprint density at radius 1 is 1.00 bits per heavy atom. The summed E-state index contributed by atoms with van der Waals surface area (Å²) in [5.41, 5.74) is 1.01. The molecule has 1 N–H and O–H groups in total. The molecule has 212 valence electrons. The molecular weight excluding hydrogens is 550 g/mol. The van der Waals surface area contributed by atoms with E-state index in [1.165, 1.54) is 16.2 Å². The van der Waals surface area contributed by atoms with Crippen LogP contribution in [0.5, 0.6) is 11.5 Å². The van der Waals surface area contributed by atoms with Gasteiger partial charge in [-0.3, -0.25) is 24.1 Å². The molecule has 8 atom stereocenters. The Hall–Kier alpha value is -2.79. The summed E-state index contributed by atoms with van der Waals surface area (Å²) in [4.78, 5) is 60.8. The van der Waals surface area contributed by atoms with Gasteiger partial charge in [0.2, 0.25) is 17.7 Å². The number of fused-ring (bicyclic) bond motifs is 9. The number of amides is 3. The molecule has 8 unspecified atom stereocenters. The van der Waals surface area contributed by atoms with Crippen molar-refractivity contribution in [3.63, 3.8) is 0 Å². The lowest BCUT2D eigenvalue weighted by Crippen LogP contribution is -2.51. The average molecular weight is 584 g/mol. The van der Waals surface area contributed by atoms with Gasteiger partial charge in [-0.2, -0.15) is 0 Å². The predicted octanol–water partition coefficient (Wildman–Crippen LogP) is 3.33. The maximum Gasteiger partial charge on any atom is 0.305 e. The van der Waals surface area contributed by atoms with E-state index in [2.05, 4.69) is 4.98 Å². The molecule has 2 aliphatic carbocycles. The Kier molecular flexibility index (Phi) is 6.30. The molecule has 11 heteroatoms. The van der Waals surface area contributed by atoms with Crippen LogP contribution in [0, 0.1) is 29.6 Å². The van der Waals surface area contributed by atoms with E-state index in [1.807, 2.05) is 23.1 Å². The number of aromatic amines is 1. The molecule has 40 heavy (non-hydrogen) atoms.